The van der Waals surface area contributed by atoms with Gasteiger partial charge in [-0.1, -0.05) is 0 Å². The van der Waals surface area contributed by atoms with Gasteiger partial charge in [-0.3, -0.25) is 4.79 Å². The van der Waals surface area contributed by atoms with Crippen LogP contribution in [0, 0.1) is 18.7 Å². The van der Waals surface area contributed by atoms with Gasteiger partial charge in [0, 0.05) is 12.2 Å². The zero-order valence-corrected chi connectivity index (χ0v) is 11.4. The predicted octanol–water partition coefficient (Wildman–Crippen LogP) is 3.00. The highest BCUT2D eigenvalue weighted by atomic mass is 19.4. The van der Waals surface area contributed by atoms with Crippen LogP contribution in [0.5, 0.6) is 0 Å². The molecule has 1 aromatic rings. The third-order valence-corrected chi connectivity index (χ3v) is 3.62. The third kappa shape index (κ3) is 3.93. The molecule has 1 heterocycles. The van der Waals surface area contributed by atoms with Crippen molar-refractivity contribution in [3.05, 3.63) is 29.6 Å². The Labute approximate surface area is 119 Å². The molecule has 1 saturated heterocycles. The Kier molecular flexibility index (Phi) is 4.51. The van der Waals surface area contributed by atoms with Crippen LogP contribution in [0.4, 0.5) is 23.2 Å². The van der Waals surface area contributed by atoms with Crippen LogP contribution in [0.3, 0.4) is 0 Å². The largest absolute Gasteiger partial charge is 0.393 e. The summed E-state index contributed by atoms with van der Waals surface area (Å²) in [5, 5.41) is 5.20. The molecular formula is C14H16F4N2O. The van der Waals surface area contributed by atoms with Crippen LogP contribution < -0.4 is 10.6 Å². The lowest BCUT2D eigenvalue weighted by atomic mass is 9.94. The second-order valence-corrected chi connectivity index (χ2v) is 5.23. The first-order valence-electron chi connectivity index (χ1n) is 6.64. The Bertz CT molecular complexity index is 522. The molecule has 0 saturated carbocycles. The summed E-state index contributed by atoms with van der Waals surface area (Å²) in [6.07, 6.45) is -4.18. The number of carbonyl (C=O) groups excluding carboxylic acids is 1. The van der Waals surface area contributed by atoms with Crippen molar-refractivity contribution in [3.63, 3.8) is 0 Å². The highest BCUT2D eigenvalue weighted by Crippen LogP contribution is 2.32. The number of aryl methyl sites for hydroxylation is 1. The van der Waals surface area contributed by atoms with Crippen LogP contribution in [0.25, 0.3) is 0 Å². The molecule has 2 unspecified atom stereocenters. The molecule has 1 amide bonds. The molecule has 3 nitrogen and oxygen atoms in total. The number of halogens is 4. The van der Waals surface area contributed by atoms with E-state index in [-0.39, 0.29) is 25.2 Å². The monoisotopic (exact) mass is 304 g/mol. The molecule has 0 bridgehead atoms. The Morgan fingerprint density at radius 3 is 2.57 bits per heavy atom. The molecule has 2 atom stereocenters. The average Bonchev–Trinajstić information content (AvgIpc) is 2.42. The van der Waals surface area contributed by atoms with Crippen LogP contribution in [0.1, 0.15) is 18.4 Å². The van der Waals surface area contributed by atoms with E-state index in [2.05, 4.69) is 10.6 Å². The van der Waals surface area contributed by atoms with E-state index in [1.807, 2.05) is 0 Å². The number of benzene rings is 1. The standard InChI is InChI=1S/C14H16F4N2O/c1-8-6-10(3-4-11(8)15)20-13(21)12-5-2-9(7-19-12)14(16,17)18/h3-4,6,9,12,19H,2,5,7H2,1H3,(H,20,21). The van der Waals surface area contributed by atoms with Crippen LogP contribution in [-0.2, 0) is 4.79 Å². The Morgan fingerprint density at radius 2 is 2.05 bits per heavy atom. The Hall–Kier alpha value is -1.63. The molecular weight excluding hydrogens is 288 g/mol. The van der Waals surface area contributed by atoms with Crippen LogP contribution in [0.2, 0.25) is 0 Å². The lowest BCUT2D eigenvalue weighted by molar-refractivity contribution is -0.180. The fourth-order valence-corrected chi connectivity index (χ4v) is 2.31. The number of rotatable bonds is 2. The maximum absolute atomic E-state index is 13.1. The first-order chi connectivity index (χ1) is 9.77. The van der Waals surface area contributed by atoms with Crippen LogP contribution in [0.15, 0.2) is 18.2 Å². The van der Waals surface area contributed by atoms with Crippen molar-refractivity contribution in [2.24, 2.45) is 5.92 Å². The summed E-state index contributed by atoms with van der Waals surface area (Å²) in [6.45, 7) is 1.31. The zero-order chi connectivity index (χ0) is 15.6. The lowest BCUT2D eigenvalue weighted by Gasteiger charge is -2.30. The SMILES string of the molecule is Cc1cc(NC(=O)C2CCC(C(F)(F)F)CN2)ccc1F. The van der Waals surface area contributed by atoms with Gasteiger partial charge in [0.05, 0.1) is 12.0 Å². The number of hydrogen-bond acceptors (Lipinski definition) is 2. The Morgan fingerprint density at radius 1 is 1.33 bits per heavy atom. The van der Waals surface area contributed by atoms with Crippen molar-refractivity contribution in [2.45, 2.75) is 32.0 Å². The van der Waals surface area contributed by atoms with E-state index in [1.165, 1.54) is 18.2 Å². The van der Waals surface area contributed by atoms with E-state index in [0.717, 1.165) is 0 Å². The lowest BCUT2D eigenvalue weighted by Crippen LogP contribution is -2.49. The smallest absolute Gasteiger partial charge is 0.325 e. The van der Waals surface area contributed by atoms with E-state index in [1.54, 1.807) is 6.92 Å². The van der Waals surface area contributed by atoms with Crippen molar-refractivity contribution in [1.29, 1.82) is 0 Å². The van der Waals surface area contributed by atoms with Crippen LogP contribution in [-0.4, -0.2) is 24.7 Å². The number of anilines is 1. The molecule has 0 radical (unpaired) electrons. The molecule has 0 spiro atoms. The highest BCUT2D eigenvalue weighted by molar-refractivity contribution is 5.94. The predicted molar refractivity (Wildman–Crippen MR) is 70.3 cm³/mol. The average molecular weight is 304 g/mol. The molecule has 116 valence electrons. The molecule has 7 heteroatoms. The van der Waals surface area contributed by atoms with Gasteiger partial charge in [-0.15, -0.1) is 0 Å². The normalized spacial score (nSPS) is 22.9. The number of amides is 1. The van der Waals surface area contributed by atoms with Gasteiger partial charge in [0.2, 0.25) is 5.91 Å². The van der Waals surface area contributed by atoms with Gasteiger partial charge < -0.3 is 10.6 Å². The number of piperidine rings is 1. The Balaban J connectivity index is 1.92. The number of alkyl halides is 3. The summed E-state index contributed by atoms with van der Waals surface area (Å²) in [5.41, 5.74) is 0.820. The summed E-state index contributed by atoms with van der Waals surface area (Å²) >= 11 is 0. The van der Waals surface area contributed by atoms with E-state index in [4.69, 9.17) is 0 Å². The molecule has 0 aliphatic carbocycles. The van der Waals surface area contributed by atoms with Crippen molar-refractivity contribution in [2.75, 3.05) is 11.9 Å². The van der Waals surface area contributed by atoms with Crippen molar-refractivity contribution < 1.29 is 22.4 Å². The van der Waals surface area contributed by atoms with E-state index >= 15 is 0 Å². The minimum atomic E-state index is -4.23. The fraction of sp³-hybridized carbons (Fsp3) is 0.500. The maximum Gasteiger partial charge on any atom is 0.393 e. The van der Waals surface area contributed by atoms with E-state index in [9.17, 15) is 22.4 Å². The molecule has 1 aromatic carbocycles. The van der Waals surface area contributed by atoms with Crippen molar-refractivity contribution in [1.82, 2.24) is 5.32 Å². The van der Waals surface area contributed by atoms with Crippen LogP contribution >= 0.6 is 0 Å². The molecule has 1 fully saturated rings. The maximum atomic E-state index is 13.1. The molecule has 1 aliphatic heterocycles. The number of hydrogen-bond donors (Lipinski definition) is 2. The summed E-state index contributed by atoms with van der Waals surface area (Å²) in [4.78, 5) is 12.0. The van der Waals surface area contributed by atoms with Gasteiger partial charge in [0.15, 0.2) is 0 Å². The molecule has 2 rings (SSSR count). The molecule has 0 aromatic heterocycles. The van der Waals surface area contributed by atoms with Gasteiger partial charge in [0.25, 0.3) is 0 Å². The summed E-state index contributed by atoms with van der Waals surface area (Å²) in [5.74, 6) is -2.19. The quantitative estimate of drug-likeness (QED) is 0.825. The third-order valence-electron chi connectivity index (χ3n) is 3.62. The fourth-order valence-electron chi connectivity index (χ4n) is 2.31. The summed E-state index contributed by atoms with van der Waals surface area (Å²) < 4.78 is 50.7. The highest BCUT2D eigenvalue weighted by Gasteiger charge is 2.42. The van der Waals surface area contributed by atoms with Crippen molar-refractivity contribution in [3.8, 4) is 0 Å². The van der Waals surface area contributed by atoms with Gasteiger partial charge in [-0.25, -0.2) is 4.39 Å². The second kappa shape index (κ2) is 6.01. The number of nitrogens with one attached hydrogen (secondary N) is 2. The van der Waals surface area contributed by atoms with Gasteiger partial charge in [0.1, 0.15) is 5.82 Å². The second-order valence-electron chi connectivity index (χ2n) is 5.23. The minimum Gasteiger partial charge on any atom is -0.325 e. The first kappa shape index (κ1) is 15.8. The molecule has 21 heavy (non-hydrogen) atoms. The van der Waals surface area contributed by atoms with E-state index in [0.29, 0.717) is 11.3 Å². The van der Waals surface area contributed by atoms with Gasteiger partial charge in [-0.2, -0.15) is 13.2 Å². The van der Waals surface area contributed by atoms with Gasteiger partial charge >= 0.3 is 6.18 Å². The minimum absolute atomic E-state index is 0.0724. The van der Waals surface area contributed by atoms with Crippen molar-refractivity contribution >= 4 is 11.6 Å². The molecule has 1 aliphatic rings. The topological polar surface area (TPSA) is 41.1 Å². The zero-order valence-electron chi connectivity index (χ0n) is 11.4. The molecule has 2 N–H and O–H groups in total. The van der Waals surface area contributed by atoms with E-state index < -0.39 is 24.0 Å². The first-order valence-corrected chi connectivity index (χ1v) is 6.64. The summed E-state index contributed by atoms with van der Waals surface area (Å²) in [7, 11) is 0. The number of carbonyl (C=O) groups is 1. The summed E-state index contributed by atoms with van der Waals surface area (Å²) in [6, 6.07) is 3.48. The van der Waals surface area contributed by atoms with Gasteiger partial charge in [-0.05, 0) is 43.5 Å².